The Morgan fingerprint density at radius 3 is 2.05 bits per heavy atom. The van der Waals surface area contributed by atoms with Crippen molar-refractivity contribution in [2.45, 2.75) is 91.8 Å². The van der Waals surface area contributed by atoms with Gasteiger partial charge < -0.3 is 14.4 Å². The van der Waals surface area contributed by atoms with E-state index in [9.17, 15) is 40.8 Å². The standard InChI is InChI=1S/C46H46F7N4O6P/c1-7-28-12-11-13-29(8-2)39(28)57-40(36-26-55(44(5,6)42(36)54-57)25-30-16-17-31(45(48,49)50)23-37(30)46(51,52)53)34-20-21-38(47)41-35(34)24-32(56(41)43(58)59)22-27-14-18-33(19-15-27)63-64(60,61-9-3)62-10-4/h11-21,23-24H,7-10,22,25-26H2,1-6H3,(H,58,59)/p-1. The molecule has 0 saturated carbocycles. The lowest BCUT2D eigenvalue weighted by atomic mass is 9.96. The Hall–Kier alpha value is -5.48. The summed E-state index contributed by atoms with van der Waals surface area (Å²) in [4.78, 5) is 14.6. The number of aryl methyl sites for hydroxylation is 2. The van der Waals surface area contributed by atoms with Crippen molar-refractivity contribution in [3.63, 3.8) is 0 Å². The van der Waals surface area contributed by atoms with Crippen molar-refractivity contribution in [1.82, 2.24) is 19.2 Å². The van der Waals surface area contributed by atoms with Crippen LogP contribution in [0.2, 0.25) is 0 Å². The average molecular weight is 914 g/mol. The zero-order chi connectivity index (χ0) is 46.5. The minimum atomic E-state index is -5.09. The smallest absolute Gasteiger partial charge is 0.529 e. The van der Waals surface area contributed by atoms with E-state index in [2.05, 4.69) is 0 Å². The molecule has 64 heavy (non-hydrogen) atoms. The summed E-state index contributed by atoms with van der Waals surface area (Å²) < 4.78 is 132. The molecule has 7 rings (SSSR count). The van der Waals surface area contributed by atoms with E-state index in [4.69, 9.17) is 18.7 Å². The number of alkyl halides is 6. The number of phosphoric acid groups is 1. The SMILES string of the molecule is CCOP(=O)(OCC)Oc1ccc(Cc2cc3c(-c4c5c(nn4-c4c(CC)cccc4CC)C(C)(C)N(Cc4ccc(C(F)(F)F)cc4C(F)(F)F)C5)ccc(F)c3n2C(=O)[O-])cc1. The highest BCUT2D eigenvalue weighted by molar-refractivity contribution is 7.48. The zero-order valence-corrected chi connectivity index (χ0v) is 36.7. The Morgan fingerprint density at radius 2 is 1.48 bits per heavy atom. The molecule has 0 N–H and O–H groups in total. The van der Waals surface area contributed by atoms with Crippen LogP contribution in [0.4, 0.5) is 35.5 Å². The number of carbonyl (C=O) groups excluding carboxylic acids is 1. The summed E-state index contributed by atoms with van der Waals surface area (Å²) in [5.74, 6) is -0.705. The Kier molecular flexibility index (Phi) is 12.7. The fraction of sp³-hybridized carbons (Fsp3) is 0.348. The van der Waals surface area contributed by atoms with Crippen molar-refractivity contribution in [2.75, 3.05) is 13.2 Å². The summed E-state index contributed by atoms with van der Waals surface area (Å²) in [6.45, 7) is 10.5. The molecule has 0 bridgehead atoms. The number of benzene rings is 4. The molecule has 0 unspecified atom stereocenters. The Labute approximate surface area is 364 Å². The highest BCUT2D eigenvalue weighted by Crippen LogP contribution is 2.50. The fourth-order valence-corrected chi connectivity index (χ4v) is 9.65. The predicted octanol–water partition coefficient (Wildman–Crippen LogP) is 11.4. The number of aromatic nitrogens is 3. The van der Waals surface area contributed by atoms with Gasteiger partial charge in [-0.1, -0.05) is 50.2 Å². The number of halogens is 7. The fourth-order valence-electron chi connectivity index (χ4n) is 8.46. The van der Waals surface area contributed by atoms with E-state index in [0.717, 1.165) is 33.5 Å². The van der Waals surface area contributed by atoms with Crippen molar-refractivity contribution >= 4 is 24.8 Å². The molecule has 0 aliphatic carbocycles. The van der Waals surface area contributed by atoms with Gasteiger partial charge in [0, 0.05) is 41.7 Å². The van der Waals surface area contributed by atoms with Gasteiger partial charge in [-0.05, 0) is 105 Å². The third kappa shape index (κ3) is 8.70. The van der Waals surface area contributed by atoms with Gasteiger partial charge in [-0.25, -0.2) is 13.6 Å². The quantitative estimate of drug-likeness (QED) is 0.0785. The van der Waals surface area contributed by atoms with Crippen LogP contribution in [0.1, 0.15) is 91.9 Å². The van der Waals surface area contributed by atoms with Crippen LogP contribution in [0.3, 0.4) is 0 Å². The maximum absolute atomic E-state index is 16.1. The predicted molar refractivity (Wildman–Crippen MR) is 223 cm³/mol. The summed E-state index contributed by atoms with van der Waals surface area (Å²) in [6, 6.07) is 17.8. The number of rotatable bonds is 14. The Morgan fingerprint density at radius 1 is 0.844 bits per heavy atom. The molecule has 340 valence electrons. The normalized spacial score (nSPS) is 14.4. The molecule has 6 aromatic rings. The van der Waals surface area contributed by atoms with Gasteiger partial charge in [0.25, 0.3) is 0 Å². The Bertz CT molecular complexity index is 2750. The summed E-state index contributed by atoms with van der Waals surface area (Å²) in [6.07, 6.45) is -10.7. The number of carboxylic acid groups (broad SMARTS) is 1. The molecule has 0 saturated heterocycles. The van der Waals surface area contributed by atoms with Crippen LogP contribution in [-0.4, -0.2) is 38.6 Å². The second-order valence-electron chi connectivity index (χ2n) is 15.8. The van der Waals surface area contributed by atoms with E-state index in [-0.39, 0.29) is 60.2 Å². The van der Waals surface area contributed by atoms with Gasteiger partial charge in [0.2, 0.25) is 0 Å². The van der Waals surface area contributed by atoms with Crippen molar-refractivity contribution in [2.24, 2.45) is 0 Å². The third-order valence-corrected chi connectivity index (χ3v) is 13.1. The summed E-state index contributed by atoms with van der Waals surface area (Å²) in [5.41, 5.74) is 0.503. The topological polar surface area (TPSA) is 111 Å². The van der Waals surface area contributed by atoms with Gasteiger partial charge in [0.15, 0.2) is 0 Å². The molecule has 0 amide bonds. The maximum atomic E-state index is 16.1. The van der Waals surface area contributed by atoms with E-state index < -0.39 is 55.3 Å². The summed E-state index contributed by atoms with van der Waals surface area (Å²) >= 11 is 0. The van der Waals surface area contributed by atoms with E-state index in [1.54, 1.807) is 49.4 Å². The molecule has 10 nitrogen and oxygen atoms in total. The van der Waals surface area contributed by atoms with Crippen LogP contribution in [0.15, 0.2) is 78.9 Å². The van der Waals surface area contributed by atoms with Crippen LogP contribution in [0.25, 0.3) is 27.8 Å². The molecular formula is C46H45F7N4O6P-. The number of carbonyl (C=O) groups is 1. The lowest BCUT2D eigenvalue weighted by Crippen LogP contribution is -2.36. The first-order chi connectivity index (χ1) is 30.1. The number of nitrogens with zero attached hydrogens (tertiary/aromatic N) is 4. The molecule has 0 radical (unpaired) electrons. The van der Waals surface area contributed by atoms with E-state index in [1.807, 2.05) is 32.0 Å². The maximum Gasteiger partial charge on any atom is 0.530 e. The molecule has 0 fully saturated rings. The van der Waals surface area contributed by atoms with Gasteiger partial charge in [0.05, 0.1) is 52.5 Å². The minimum absolute atomic E-state index is 0.0212. The molecule has 0 atom stereocenters. The van der Waals surface area contributed by atoms with E-state index in [0.29, 0.717) is 47.0 Å². The third-order valence-electron chi connectivity index (χ3n) is 11.5. The number of hydrogen-bond donors (Lipinski definition) is 0. The van der Waals surface area contributed by atoms with E-state index >= 15 is 4.39 Å². The van der Waals surface area contributed by atoms with Crippen LogP contribution < -0.4 is 9.63 Å². The van der Waals surface area contributed by atoms with Crippen molar-refractivity contribution in [3.05, 3.63) is 135 Å². The van der Waals surface area contributed by atoms with Gasteiger partial charge in [0.1, 0.15) is 17.7 Å². The van der Waals surface area contributed by atoms with Gasteiger partial charge in [-0.2, -0.15) is 31.4 Å². The van der Waals surface area contributed by atoms with Gasteiger partial charge in [-0.15, -0.1) is 0 Å². The van der Waals surface area contributed by atoms with Crippen molar-refractivity contribution in [1.29, 1.82) is 0 Å². The minimum Gasteiger partial charge on any atom is -0.529 e. The molecule has 1 aliphatic rings. The summed E-state index contributed by atoms with van der Waals surface area (Å²) in [7, 11) is -3.91. The first-order valence-corrected chi connectivity index (χ1v) is 22.1. The van der Waals surface area contributed by atoms with Crippen LogP contribution >= 0.6 is 7.82 Å². The van der Waals surface area contributed by atoms with Crippen LogP contribution in [0.5, 0.6) is 5.75 Å². The van der Waals surface area contributed by atoms with Gasteiger partial charge in [-0.3, -0.25) is 18.5 Å². The number of para-hydroxylation sites is 1. The van der Waals surface area contributed by atoms with Crippen LogP contribution in [0, 0.1) is 5.82 Å². The number of hydrogen-bond acceptors (Lipinski definition) is 8. The van der Waals surface area contributed by atoms with Gasteiger partial charge >= 0.3 is 20.2 Å². The number of phosphoric ester groups is 1. The summed E-state index contributed by atoms with van der Waals surface area (Å²) in [5, 5.41) is 18.3. The molecular weight excluding hydrogens is 868 g/mol. The first-order valence-electron chi connectivity index (χ1n) is 20.6. The number of fused-ring (bicyclic) bond motifs is 2. The molecule has 4 aromatic carbocycles. The average Bonchev–Trinajstić information content (AvgIpc) is 3.87. The molecule has 3 heterocycles. The molecule has 2 aromatic heterocycles. The van der Waals surface area contributed by atoms with Crippen molar-refractivity contribution in [3.8, 4) is 22.7 Å². The molecule has 0 spiro atoms. The first kappa shape index (κ1) is 46.5. The van der Waals surface area contributed by atoms with E-state index in [1.165, 1.54) is 24.3 Å². The zero-order valence-electron chi connectivity index (χ0n) is 35.8. The monoisotopic (exact) mass is 913 g/mol. The lowest BCUT2D eigenvalue weighted by molar-refractivity contribution is -0.250. The van der Waals surface area contributed by atoms with Crippen molar-refractivity contribution < 1.29 is 58.8 Å². The highest BCUT2D eigenvalue weighted by Gasteiger charge is 2.45. The Balaban J connectivity index is 1.39. The largest absolute Gasteiger partial charge is 0.530 e. The second kappa shape index (κ2) is 17.5. The second-order valence-corrected chi connectivity index (χ2v) is 17.4. The highest BCUT2D eigenvalue weighted by atomic mass is 31.2. The molecule has 1 aliphatic heterocycles. The lowest BCUT2D eigenvalue weighted by Gasteiger charge is -2.33. The van der Waals surface area contributed by atoms with Crippen LogP contribution in [-0.2, 0) is 63.9 Å². The molecule has 18 heteroatoms.